The molecule has 0 aliphatic carbocycles. The number of imide groups is 1. The molecule has 0 atom stereocenters. The Balaban J connectivity index is 2.00. The summed E-state index contributed by atoms with van der Waals surface area (Å²) in [6.07, 6.45) is 6.74. The van der Waals surface area contributed by atoms with Gasteiger partial charge in [-0.05, 0) is 18.4 Å². The van der Waals surface area contributed by atoms with E-state index >= 15 is 0 Å². The zero-order valence-corrected chi connectivity index (χ0v) is 10.3. The highest BCUT2D eigenvalue weighted by molar-refractivity contribution is 6.30. The smallest absolute Gasteiger partial charge is 0.258 e. The van der Waals surface area contributed by atoms with Gasteiger partial charge in [-0.3, -0.25) is 9.59 Å². The van der Waals surface area contributed by atoms with Gasteiger partial charge in [0.15, 0.2) is 0 Å². The fourth-order valence-corrected chi connectivity index (χ4v) is 3.05. The predicted molar refractivity (Wildman–Crippen MR) is 71.9 cm³/mol. The van der Waals surface area contributed by atoms with Gasteiger partial charge in [-0.1, -0.05) is 18.2 Å². The van der Waals surface area contributed by atoms with Crippen LogP contribution < -0.4 is 4.90 Å². The van der Waals surface area contributed by atoms with E-state index in [1.165, 1.54) is 22.6 Å². The summed E-state index contributed by atoms with van der Waals surface area (Å²) in [5, 5.41) is 0.989. The van der Waals surface area contributed by atoms with E-state index in [9.17, 15) is 9.59 Å². The van der Waals surface area contributed by atoms with Crippen molar-refractivity contribution in [3.8, 4) is 0 Å². The molecule has 2 aliphatic heterocycles. The lowest BCUT2D eigenvalue weighted by molar-refractivity contribution is -0.119. The molecule has 4 rings (SSSR count). The molecule has 2 amide bonds. The summed E-state index contributed by atoms with van der Waals surface area (Å²) < 4.78 is 2.16. The molecule has 1 aromatic heterocycles. The molecule has 94 valence electrons. The molecular weight excluding hydrogens is 240 g/mol. The molecular formula is C15H12N2O2. The molecule has 2 aliphatic rings. The first-order valence-corrected chi connectivity index (χ1v) is 6.42. The van der Waals surface area contributed by atoms with Gasteiger partial charge >= 0.3 is 0 Å². The number of hydrogen-bond donors (Lipinski definition) is 0. The first-order valence-electron chi connectivity index (χ1n) is 6.42. The standard InChI is InChI=1S/C15H12N2O2/c18-13-6-7-14(19)17(13)12-9-16-8-2-4-10-3-1-5-11(12)15(10)16/h1,3,5-7,9H,2,4,8H2. The van der Waals surface area contributed by atoms with Crippen molar-refractivity contribution in [3.05, 3.63) is 42.1 Å². The molecule has 0 saturated carbocycles. The van der Waals surface area contributed by atoms with Gasteiger partial charge in [0.2, 0.25) is 0 Å². The molecule has 0 unspecified atom stereocenters. The van der Waals surface area contributed by atoms with E-state index in [0.29, 0.717) is 5.69 Å². The second kappa shape index (κ2) is 3.57. The molecule has 3 heterocycles. The molecule has 0 fully saturated rings. The van der Waals surface area contributed by atoms with Crippen LogP contribution in [0.25, 0.3) is 10.9 Å². The van der Waals surface area contributed by atoms with Crippen LogP contribution in [0.1, 0.15) is 12.0 Å². The molecule has 19 heavy (non-hydrogen) atoms. The molecule has 4 heteroatoms. The maximum absolute atomic E-state index is 11.8. The van der Waals surface area contributed by atoms with Crippen LogP contribution in [-0.4, -0.2) is 16.4 Å². The minimum Gasteiger partial charge on any atom is -0.345 e. The van der Waals surface area contributed by atoms with Crippen LogP contribution in [0.5, 0.6) is 0 Å². The maximum Gasteiger partial charge on any atom is 0.258 e. The molecule has 0 radical (unpaired) electrons. The van der Waals surface area contributed by atoms with E-state index in [1.807, 2.05) is 18.3 Å². The molecule has 2 aromatic rings. The summed E-state index contributed by atoms with van der Waals surface area (Å²) >= 11 is 0. The number of carbonyl (C=O) groups excluding carboxylic acids is 2. The van der Waals surface area contributed by atoms with Crippen LogP contribution >= 0.6 is 0 Å². The molecule has 0 N–H and O–H groups in total. The number of aryl methyl sites for hydroxylation is 2. The summed E-state index contributed by atoms with van der Waals surface area (Å²) in [5.74, 6) is -0.512. The van der Waals surface area contributed by atoms with Crippen LogP contribution in [-0.2, 0) is 22.6 Å². The highest BCUT2D eigenvalue weighted by Gasteiger charge is 2.29. The van der Waals surface area contributed by atoms with Gasteiger partial charge in [0.25, 0.3) is 11.8 Å². The average molecular weight is 252 g/mol. The summed E-state index contributed by atoms with van der Waals surface area (Å²) in [7, 11) is 0. The van der Waals surface area contributed by atoms with Crippen molar-refractivity contribution < 1.29 is 9.59 Å². The number of hydrogen-bond acceptors (Lipinski definition) is 2. The minimum absolute atomic E-state index is 0.256. The Bertz CT molecular complexity index is 737. The fraction of sp³-hybridized carbons (Fsp3) is 0.200. The van der Waals surface area contributed by atoms with Gasteiger partial charge in [0.1, 0.15) is 0 Å². The Morgan fingerprint density at radius 3 is 2.63 bits per heavy atom. The Kier molecular flexibility index (Phi) is 1.98. The third-order valence-corrected chi connectivity index (χ3v) is 3.86. The zero-order chi connectivity index (χ0) is 13.0. The Labute approximate surface area is 109 Å². The number of carbonyl (C=O) groups is 2. The lowest BCUT2D eigenvalue weighted by atomic mass is 10.0. The third kappa shape index (κ3) is 1.34. The van der Waals surface area contributed by atoms with Crippen molar-refractivity contribution in [1.82, 2.24) is 4.57 Å². The SMILES string of the molecule is O=C1C=CC(=O)N1c1cn2c3c(cccc13)CCC2. The topological polar surface area (TPSA) is 42.3 Å². The Hall–Kier alpha value is -2.36. The number of para-hydroxylation sites is 1. The zero-order valence-electron chi connectivity index (χ0n) is 10.3. The number of aromatic nitrogens is 1. The number of amides is 2. The largest absolute Gasteiger partial charge is 0.345 e. The van der Waals surface area contributed by atoms with Crippen molar-refractivity contribution in [2.75, 3.05) is 4.90 Å². The van der Waals surface area contributed by atoms with Crippen molar-refractivity contribution in [2.45, 2.75) is 19.4 Å². The molecule has 0 spiro atoms. The second-order valence-electron chi connectivity index (χ2n) is 4.97. The average Bonchev–Trinajstić information content (AvgIpc) is 2.93. The van der Waals surface area contributed by atoms with Gasteiger partial charge in [-0.25, -0.2) is 4.90 Å². The third-order valence-electron chi connectivity index (χ3n) is 3.86. The van der Waals surface area contributed by atoms with Crippen molar-refractivity contribution in [2.24, 2.45) is 0 Å². The number of benzene rings is 1. The molecule has 1 aromatic carbocycles. The van der Waals surface area contributed by atoms with Gasteiger partial charge in [-0.15, -0.1) is 0 Å². The van der Waals surface area contributed by atoms with Crippen LogP contribution in [0.3, 0.4) is 0 Å². The van der Waals surface area contributed by atoms with E-state index in [1.54, 1.807) is 0 Å². The molecule has 0 bridgehead atoms. The number of rotatable bonds is 1. The summed E-state index contributed by atoms with van der Waals surface area (Å²) in [5.41, 5.74) is 3.16. The van der Waals surface area contributed by atoms with Crippen molar-refractivity contribution in [1.29, 1.82) is 0 Å². The predicted octanol–water partition coefficient (Wildman–Crippen LogP) is 2.02. The van der Waals surface area contributed by atoms with Crippen molar-refractivity contribution in [3.63, 3.8) is 0 Å². The Morgan fingerprint density at radius 1 is 1.05 bits per heavy atom. The first-order chi connectivity index (χ1) is 9.25. The van der Waals surface area contributed by atoms with Crippen LogP contribution in [0.4, 0.5) is 5.69 Å². The number of nitrogens with zero attached hydrogens (tertiary/aromatic N) is 2. The van der Waals surface area contributed by atoms with Crippen LogP contribution in [0.2, 0.25) is 0 Å². The normalized spacial score (nSPS) is 17.8. The maximum atomic E-state index is 11.8. The van der Waals surface area contributed by atoms with Gasteiger partial charge in [-0.2, -0.15) is 0 Å². The van der Waals surface area contributed by atoms with E-state index < -0.39 is 0 Å². The summed E-state index contributed by atoms with van der Waals surface area (Å²) in [6, 6.07) is 6.10. The highest BCUT2D eigenvalue weighted by Crippen LogP contribution is 2.35. The van der Waals surface area contributed by atoms with E-state index in [-0.39, 0.29) is 11.8 Å². The fourth-order valence-electron chi connectivity index (χ4n) is 3.05. The minimum atomic E-state index is -0.256. The summed E-state index contributed by atoms with van der Waals surface area (Å²) in [6.45, 7) is 0.942. The van der Waals surface area contributed by atoms with Gasteiger partial charge in [0, 0.05) is 30.3 Å². The quantitative estimate of drug-likeness (QED) is 0.729. The number of anilines is 1. The second-order valence-corrected chi connectivity index (χ2v) is 4.97. The van der Waals surface area contributed by atoms with Crippen LogP contribution in [0, 0.1) is 0 Å². The summed E-state index contributed by atoms with van der Waals surface area (Å²) in [4.78, 5) is 24.9. The van der Waals surface area contributed by atoms with E-state index in [4.69, 9.17) is 0 Å². The highest BCUT2D eigenvalue weighted by atomic mass is 16.2. The Morgan fingerprint density at radius 2 is 1.84 bits per heavy atom. The monoisotopic (exact) mass is 252 g/mol. The lowest BCUT2D eigenvalue weighted by Gasteiger charge is -2.14. The van der Waals surface area contributed by atoms with E-state index in [0.717, 1.165) is 30.3 Å². The van der Waals surface area contributed by atoms with Gasteiger partial charge in [0.05, 0.1) is 11.2 Å². The molecule has 0 saturated heterocycles. The van der Waals surface area contributed by atoms with E-state index in [2.05, 4.69) is 10.6 Å². The molecule has 4 nitrogen and oxygen atoms in total. The lowest BCUT2D eigenvalue weighted by Crippen LogP contribution is -2.29. The van der Waals surface area contributed by atoms with Crippen LogP contribution in [0.15, 0.2) is 36.5 Å². The van der Waals surface area contributed by atoms with Gasteiger partial charge < -0.3 is 4.57 Å². The van der Waals surface area contributed by atoms with Crippen molar-refractivity contribution >= 4 is 28.4 Å². The first kappa shape index (κ1) is 10.6.